The second kappa shape index (κ2) is 6.41. The molecule has 0 aliphatic carbocycles. The minimum absolute atomic E-state index is 0.0380. The van der Waals surface area contributed by atoms with Crippen molar-refractivity contribution in [3.63, 3.8) is 0 Å². The fourth-order valence-corrected chi connectivity index (χ4v) is 3.17. The summed E-state index contributed by atoms with van der Waals surface area (Å²) in [6.07, 6.45) is 0.917. The molecule has 104 valence electrons. The van der Waals surface area contributed by atoms with E-state index < -0.39 is 6.29 Å². The lowest BCUT2D eigenvalue weighted by Gasteiger charge is -2.37. The van der Waals surface area contributed by atoms with E-state index in [4.69, 9.17) is 9.47 Å². The largest absolute Gasteiger partial charge is 0.457 e. The number of rotatable bonds is 3. The molecular weight excluding hydrogens is 264 g/mol. The van der Waals surface area contributed by atoms with Gasteiger partial charge in [-0.2, -0.15) is 11.8 Å². The quantitative estimate of drug-likeness (QED) is 0.860. The molecule has 0 bridgehead atoms. The summed E-state index contributed by atoms with van der Waals surface area (Å²) in [5, 5.41) is 9.66. The Bertz CT molecular complexity index is 423. The zero-order valence-corrected chi connectivity index (χ0v) is 11.8. The Morgan fingerprint density at radius 3 is 2.74 bits per heavy atom. The van der Waals surface area contributed by atoms with Crippen molar-refractivity contribution in [1.82, 2.24) is 0 Å². The summed E-state index contributed by atoms with van der Waals surface area (Å²) in [5.41, 5.74) is 0.524. The summed E-state index contributed by atoms with van der Waals surface area (Å²) in [4.78, 5) is 12.0. The Balaban J connectivity index is 2.06. The van der Waals surface area contributed by atoms with Gasteiger partial charge >= 0.3 is 5.97 Å². The summed E-state index contributed by atoms with van der Waals surface area (Å²) in [6, 6.07) is 8.88. The number of thioether (sulfide) groups is 1. The molecular formula is C14H18O4S. The Kier molecular flexibility index (Phi) is 4.85. The van der Waals surface area contributed by atoms with Crippen LogP contribution in [0.2, 0.25) is 0 Å². The highest BCUT2D eigenvalue weighted by molar-refractivity contribution is 7.99. The predicted octanol–water partition coefficient (Wildman–Crippen LogP) is 2.07. The minimum atomic E-state index is -0.869. The van der Waals surface area contributed by atoms with E-state index in [1.54, 1.807) is 36.0 Å². The van der Waals surface area contributed by atoms with Crippen LogP contribution in [0.1, 0.15) is 23.7 Å². The molecule has 19 heavy (non-hydrogen) atoms. The Hall–Kier alpha value is -1.04. The first kappa shape index (κ1) is 14.4. The third kappa shape index (κ3) is 3.49. The van der Waals surface area contributed by atoms with Crippen molar-refractivity contribution in [2.45, 2.75) is 37.1 Å². The molecule has 2 rings (SSSR count). The lowest BCUT2D eigenvalue weighted by molar-refractivity contribution is -0.180. The van der Waals surface area contributed by atoms with Crippen LogP contribution in [0, 0.1) is 0 Å². The number of carbonyl (C=O) groups is 1. The van der Waals surface area contributed by atoms with E-state index in [1.165, 1.54) is 0 Å². The molecule has 0 aromatic heterocycles. The van der Waals surface area contributed by atoms with Crippen molar-refractivity contribution in [3.05, 3.63) is 35.9 Å². The fraction of sp³-hybridized carbons (Fsp3) is 0.500. The number of esters is 1. The summed E-state index contributed by atoms with van der Waals surface area (Å²) < 4.78 is 10.9. The molecule has 5 heteroatoms. The van der Waals surface area contributed by atoms with Crippen LogP contribution in [0.3, 0.4) is 0 Å². The Morgan fingerprint density at radius 2 is 2.11 bits per heavy atom. The molecule has 0 amide bonds. The van der Waals surface area contributed by atoms with Crippen LogP contribution in [-0.4, -0.2) is 41.1 Å². The maximum atomic E-state index is 12.0. The van der Waals surface area contributed by atoms with Gasteiger partial charge in [-0.15, -0.1) is 0 Å². The fourth-order valence-electron chi connectivity index (χ4n) is 2.25. The highest BCUT2D eigenvalue weighted by Crippen LogP contribution is 2.30. The van der Waals surface area contributed by atoms with Crippen LogP contribution in [0.4, 0.5) is 0 Å². The van der Waals surface area contributed by atoms with E-state index in [9.17, 15) is 9.90 Å². The van der Waals surface area contributed by atoms with Gasteiger partial charge in [0.2, 0.25) is 0 Å². The topological polar surface area (TPSA) is 55.8 Å². The van der Waals surface area contributed by atoms with Crippen LogP contribution in [0.15, 0.2) is 30.3 Å². The smallest absolute Gasteiger partial charge is 0.338 e. The predicted molar refractivity (Wildman–Crippen MR) is 74.1 cm³/mol. The zero-order valence-electron chi connectivity index (χ0n) is 11.0. The van der Waals surface area contributed by atoms with E-state index in [0.717, 1.165) is 0 Å². The maximum absolute atomic E-state index is 12.0. The Morgan fingerprint density at radius 1 is 1.42 bits per heavy atom. The number of hydrogen-bond acceptors (Lipinski definition) is 5. The minimum Gasteiger partial charge on any atom is -0.457 e. The van der Waals surface area contributed by atoms with E-state index >= 15 is 0 Å². The first-order chi connectivity index (χ1) is 9.11. The molecule has 0 radical (unpaired) electrons. The molecule has 4 nitrogen and oxygen atoms in total. The maximum Gasteiger partial charge on any atom is 0.338 e. The molecule has 0 unspecified atom stereocenters. The molecule has 1 saturated heterocycles. The summed E-state index contributed by atoms with van der Waals surface area (Å²) >= 11 is 1.59. The van der Waals surface area contributed by atoms with Crippen LogP contribution in [0.5, 0.6) is 0 Å². The number of hydrogen-bond donors (Lipinski definition) is 1. The molecule has 1 aromatic carbocycles. The van der Waals surface area contributed by atoms with Crippen LogP contribution < -0.4 is 0 Å². The molecule has 4 atom stereocenters. The normalized spacial score (nSPS) is 30.9. The van der Waals surface area contributed by atoms with E-state index in [-0.39, 0.29) is 23.4 Å². The van der Waals surface area contributed by atoms with Gasteiger partial charge in [0.05, 0.1) is 16.9 Å². The SMILES string of the molecule is CS[C@H]1[C@@H](OC(=O)c2ccccc2)C[C@H](O)O[C@@H]1C. The van der Waals surface area contributed by atoms with Crippen LogP contribution >= 0.6 is 11.8 Å². The summed E-state index contributed by atoms with van der Waals surface area (Å²) in [6.45, 7) is 1.88. The highest BCUT2D eigenvalue weighted by Gasteiger charge is 2.37. The standard InChI is InChI=1S/C14H18O4S/c1-9-13(19-2)11(8-12(15)17-9)18-14(16)10-6-4-3-5-7-10/h3-7,9,11-13,15H,8H2,1-2H3/t9-,11+,12-,13-/m1/s1. The van der Waals surface area contributed by atoms with Gasteiger partial charge in [-0.25, -0.2) is 4.79 Å². The molecule has 1 aliphatic heterocycles. The van der Waals surface area contributed by atoms with Crippen molar-refractivity contribution in [1.29, 1.82) is 0 Å². The molecule has 1 aliphatic rings. The molecule has 1 fully saturated rings. The summed E-state index contributed by atoms with van der Waals surface area (Å²) in [7, 11) is 0. The number of carbonyl (C=O) groups excluding carboxylic acids is 1. The van der Waals surface area contributed by atoms with Gasteiger partial charge in [0.15, 0.2) is 6.29 Å². The van der Waals surface area contributed by atoms with Gasteiger partial charge in [-0.1, -0.05) is 18.2 Å². The average Bonchev–Trinajstić information content (AvgIpc) is 2.39. The van der Waals surface area contributed by atoms with Crippen molar-refractivity contribution in [2.75, 3.05) is 6.26 Å². The van der Waals surface area contributed by atoms with Crippen molar-refractivity contribution < 1.29 is 19.4 Å². The third-order valence-corrected chi connectivity index (χ3v) is 4.41. The van der Waals surface area contributed by atoms with E-state index in [1.807, 2.05) is 19.2 Å². The van der Waals surface area contributed by atoms with Gasteiger partial charge in [-0.05, 0) is 25.3 Å². The van der Waals surface area contributed by atoms with Crippen molar-refractivity contribution >= 4 is 17.7 Å². The Labute approximate surface area is 117 Å². The molecule has 0 saturated carbocycles. The average molecular weight is 282 g/mol. The molecule has 1 N–H and O–H groups in total. The number of benzene rings is 1. The number of aliphatic hydroxyl groups excluding tert-OH is 1. The van der Waals surface area contributed by atoms with Crippen LogP contribution in [0.25, 0.3) is 0 Å². The molecule has 0 spiro atoms. The van der Waals surface area contributed by atoms with Crippen molar-refractivity contribution in [3.8, 4) is 0 Å². The van der Waals surface area contributed by atoms with E-state index in [2.05, 4.69) is 0 Å². The van der Waals surface area contributed by atoms with Gasteiger partial charge in [0.1, 0.15) is 6.10 Å². The lowest BCUT2D eigenvalue weighted by Crippen LogP contribution is -2.47. The molecule has 1 heterocycles. The van der Waals surface area contributed by atoms with Gasteiger partial charge in [0, 0.05) is 6.42 Å². The van der Waals surface area contributed by atoms with E-state index in [0.29, 0.717) is 12.0 Å². The van der Waals surface area contributed by atoms with Gasteiger partial charge in [-0.3, -0.25) is 0 Å². The monoisotopic (exact) mass is 282 g/mol. The van der Waals surface area contributed by atoms with Gasteiger partial charge in [0.25, 0.3) is 0 Å². The van der Waals surface area contributed by atoms with Crippen molar-refractivity contribution in [2.24, 2.45) is 0 Å². The first-order valence-electron chi connectivity index (χ1n) is 6.24. The number of aliphatic hydroxyl groups is 1. The number of ether oxygens (including phenoxy) is 2. The summed E-state index contributed by atoms with van der Waals surface area (Å²) in [5.74, 6) is -0.356. The first-order valence-corrected chi connectivity index (χ1v) is 7.53. The highest BCUT2D eigenvalue weighted by atomic mass is 32.2. The molecule has 1 aromatic rings. The van der Waals surface area contributed by atoms with Gasteiger partial charge < -0.3 is 14.6 Å². The lowest BCUT2D eigenvalue weighted by atomic mass is 10.1. The third-order valence-electron chi connectivity index (χ3n) is 3.17. The van der Waals surface area contributed by atoms with Crippen LogP contribution in [-0.2, 0) is 9.47 Å². The second-order valence-corrected chi connectivity index (χ2v) is 5.56. The second-order valence-electron chi connectivity index (χ2n) is 4.54. The zero-order chi connectivity index (χ0) is 13.8.